The molecule has 0 saturated carbocycles. The number of nitrogens with one attached hydrogen (secondary N) is 1. The van der Waals surface area contributed by atoms with Crippen molar-refractivity contribution in [1.29, 1.82) is 0 Å². The minimum absolute atomic E-state index is 0.211. The van der Waals surface area contributed by atoms with E-state index < -0.39 is 10.2 Å². The molecular weight excluding hydrogens is 312 g/mol. The highest BCUT2D eigenvalue weighted by molar-refractivity contribution is 7.87. The van der Waals surface area contributed by atoms with Crippen LogP contribution in [0, 0.1) is 18.8 Å². The van der Waals surface area contributed by atoms with Gasteiger partial charge in [-0.15, -0.1) is 0 Å². The van der Waals surface area contributed by atoms with E-state index in [1.165, 1.54) is 0 Å². The maximum Gasteiger partial charge on any atom is 0.279 e. The van der Waals surface area contributed by atoms with Gasteiger partial charge in [-0.25, -0.2) is 4.98 Å². The summed E-state index contributed by atoms with van der Waals surface area (Å²) in [7, 11) is -3.46. The summed E-state index contributed by atoms with van der Waals surface area (Å²) in [4.78, 5) is 4.47. The highest BCUT2D eigenvalue weighted by atomic mass is 32.2. The van der Waals surface area contributed by atoms with Crippen LogP contribution < -0.4 is 4.72 Å². The number of fused-ring (bicyclic) bond motifs is 1. The molecule has 0 radical (unpaired) electrons. The van der Waals surface area contributed by atoms with E-state index in [2.05, 4.69) is 23.6 Å². The molecule has 23 heavy (non-hydrogen) atoms. The van der Waals surface area contributed by atoms with Crippen LogP contribution in [0.15, 0.2) is 24.5 Å². The first-order valence-corrected chi connectivity index (χ1v) is 9.46. The summed E-state index contributed by atoms with van der Waals surface area (Å²) < 4.78 is 31.1. The summed E-state index contributed by atoms with van der Waals surface area (Å²) in [6.45, 7) is 7.59. The number of hydrogen-bond donors (Lipinski definition) is 1. The van der Waals surface area contributed by atoms with Gasteiger partial charge < -0.3 is 4.40 Å². The second kappa shape index (κ2) is 6.22. The second-order valence-corrected chi connectivity index (χ2v) is 8.55. The average molecular weight is 336 g/mol. The summed E-state index contributed by atoms with van der Waals surface area (Å²) in [6.07, 6.45) is 4.88. The molecule has 3 rings (SSSR count). The Balaban J connectivity index is 1.70. The first kappa shape index (κ1) is 16.4. The monoisotopic (exact) mass is 336 g/mol. The zero-order valence-corrected chi connectivity index (χ0v) is 14.7. The van der Waals surface area contributed by atoms with E-state index in [9.17, 15) is 8.42 Å². The summed E-state index contributed by atoms with van der Waals surface area (Å²) in [5.74, 6) is 0.794. The smallest absolute Gasteiger partial charge is 0.279 e. The fourth-order valence-electron chi connectivity index (χ4n) is 3.28. The van der Waals surface area contributed by atoms with Crippen LogP contribution in [0.3, 0.4) is 0 Å². The molecule has 1 N–H and O–H groups in total. The summed E-state index contributed by atoms with van der Waals surface area (Å²) in [6, 6.07) is 3.98. The highest BCUT2D eigenvalue weighted by Gasteiger charge is 2.30. The zero-order chi connectivity index (χ0) is 16.6. The van der Waals surface area contributed by atoms with Crippen molar-refractivity contribution in [2.24, 2.45) is 11.8 Å². The normalized spacial score (nSPS) is 23.4. The van der Waals surface area contributed by atoms with Crippen LogP contribution in [0.1, 0.15) is 31.5 Å². The van der Waals surface area contributed by atoms with Gasteiger partial charge in [-0.05, 0) is 42.9 Å². The molecule has 3 heterocycles. The fraction of sp³-hybridized carbons (Fsp3) is 0.562. The van der Waals surface area contributed by atoms with Gasteiger partial charge in [-0.3, -0.25) is 0 Å². The lowest BCUT2D eigenvalue weighted by atomic mass is 9.94. The Bertz CT molecular complexity index is 790. The highest BCUT2D eigenvalue weighted by Crippen LogP contribution is 2.22. The van der Waals surface area contributed by atoms with Gasteiger partial charge in [0, 0.05) is 25.5 Å². The van der Waals surface area contributed by atoms with Crippen molar-refractivity contribution in [1.82, 2.24) is 18.4 Å². The molecule has 6 nitrogen and oxygen atoms in total. The zero-order valence-electron chi connectivity index (χ0n) is 13.9. The van der Waals surface area contributed by atoms with Gasteiger partial charge in [0.05, 0.1) is 12.2 Å². The predicted octanol–water partition coefficient (Wildman–Crippen LogP) is 1.96. The fourth-order valence-corrected chi connectivity index (χ4v) is 4.69. The van der Waals surface area contributed by atoms with Gasteiger partial charge in [0.25, 0.3) is 10.2 Å². The average Bonchev–Trinajstić information content (AvgIpc) is 2.86. The Morgan fingerprint density at radius 3 is 2.70 bits per heavy atom. The van der Waals surface area contributed by atoms with Crippen LogP contribution in [0.5, 0.6) is 0 Å². The van der Waals surface area contributed by atoms with Crippen molar-refractivity contribution >= 4 is 15.9 Å². The third-order valence-electron chi connectivity index (χ3n) is 4.28. The molecule has 0 aliphatic carbocycles. The topological polar surface area (TPSA) is 66.7 Å². The van der Waals surface area contributed by atoms with Crippen molar-refractivity contribution in [2.75, 3.05) is 13.1 Å². The van der Waals surface area contributed by atoms with Crippen LogP contribution in [-0.2, 0) is 16.8 Å². The Kier molecular flexibility index (Phi) is 4.44. The van der Waals surface area contributed by atoms with Crippen LogP contribution in [0.25, 0.3) is 5.65 Å². The van der Waals surface area contributed by atoms with E-state index in [-0.39, 0.29) is 6.54 Å². The maximum absolute atomic E-state index is 12.5. The summed E-state index contributed by atoms with van der Waals surface area (Å²) >= 11 is 0. The molecule has 1 fully saturated rings. The number of pyridine rings is 1. The molecule has 1 saturated heterocycles. The molecule has 2 aromatic rings. The molecule has 1 aliphatic heterocycles. The minimum Gasteiger partial charge on any atom is -0.307 e. The third kappa shape index (κ3) is 3.73. The van der Waals surface area contributed by atoms with Crippen LogP contribution in [0.2, 0.25) is 0 Å². The molecule has 7 heteroatoms. The number of hydrogen-bond acceptors (Lipinski definition) is 3. The molecule has 2 unspecified atom stereocenters. The standard InChI is InChI=1S/C16H24N4O2S/c1-12-4-5-19-11-15(18-16(19)7-12)8-17-23(21,22)20-9-13(2)6-14(3)10-20/h4-5,7,11,13-14,17H,6,8-10H2,1-3H3. The molecule has 0 bridgehead atoms. The van der Waals surface area contributed by atoms with Crippen LogP contribution in [-0.4, -0.2) is 35.2 Å². The minimum atomic E-state index is -3.46. The number of imidazole rings is 1. The molecule has 126 valence electrons. The van der Waals surface area contributed by atoms with E-state index in [4.69, 9.17) is 0 Å². The number of piperidine rings is 1. The molecular formula is C16H24N4O2S. The van der Waals surface area contributed by atoms with Crippen LogP contribution >= 0.6 is 0 Å². The van der Waals surface area contributed by atoms with Gasteiger partial charge in [-0.1, -0.05) is 13.8 Å². The predicted molar refractivity (Wildman–Crippen MR) is 90.2 cm³/mol. The van der Waals surface area contributed by atoms with Gasteiger partial charge in [0.2, 0.25) is 0 Å². The largest absolute Gasteiger partial charge is 0.307 e. The first-order valence-electron chi connectivity index (χ1n) is 8.02. The Morgan fingerprint density at radius 1 is 1.30 bits per heavy atom. The molecule has 1 aliphatic rings. The van der Waals surface area contributed by atoms with Crippen molar-refractivity contribution < 1.29 is 8.42 Å². The lowest BCUT2D eigenvalue weighted by molar-refractivity contribution is 0.220. The van der Waals surface area contributed by atoms with Gasteiger partial charge in [-0.2, -0.15) is 17.4 Å². The molecule has 0 spiro atoms. The molecule has 2 atom stereocenters. The van der Waals surface area contributed by atoms with Crippen molar-refractivity contribution in [3.63, 3.8) is 0 Å². The molecule has 0 amide bonds. The van der Waals surface area contributed by atoms with Crippen molar-refractivity contribution in [3.8, 4) is 0 Å². The Labute approximate surface area is 137 Å². The maximum atomic E-state index is 12.5. The number of aromatic nitrogens is 2. The molecule has 2 aromatic heterocycles. The summed E-state index contributed by atoms with van der Waals surface area (Å²) in [5, 5.41) is 0. The van der Waals surface area contributed by atoms with E-state index in [0.29, 0.717) is 24.9 Å². The van der Waals surface area contributed by atoms with Crippen molar-refractivity contribution in [2.45, 2.75) is 33.7 Å². The van der Waals surface area contributed by atoms with E-state index in [0.717, 1.165) is 23.3 Å². The summed E-state index contributed by atoms with van der Waals surface area (Å²) in [5.41, 5.74) is 2.68. The second-order valence-electron chi connectivity index (χ2n) is 6.79. The Morgan fingerprint density at radius 2 is 2.00 bits per heavy atom. The van der Waals surface area contributed by atoms with Gasteiger partial charge >= 0.3 is 0 Å². The van der Waals surface area contributed by atoms with Crippen molar-refractivity contribution in [3.05, 3.63) is 35.8 Å². The Hall–Kier alpha value is -1.44. The number of rotatable bonds is 4. The third-order valence-corrected chi connectivity index (χ3v) is 5.76. The SMILES string of the molecule is Cc1ccn2cc(CNS(=O)(=O)N3CC(C)CC(C)C3)nc2c1. The quantitative estimate of drug-likeness (QED) is 0.928. The van der Waals surface area contributed by atoms with E-state index >= 15 is 0 Å². The van der Waals surface area contributed by atoms with Crippen LogP contribution in [0.4, 0.5) is 0 Å². The lowest BCUT2D eigenvalue weighted by Crippen LogP contribution is -2.47. The molecule has 0 aromatic carbocycles. The lowest BCUT2D eigenvalue weighted by Gasteiger charge is -2.33. The van der Waals surface area contributed by atoms with E-state index in [1.54, 1.807) is 4.31 Å². The number of aryl methyl sites for hydroxylation is 1. The van der Waals surface area contributed by atoms with Gasteiger partial charge in [0.1, 0.15) is 5.65 Å². The van der Waals surface area contributed by atoms with E-state index in [1.807, 2.05) is 35.9 Å². The first-order chi connectivity index (χ1) is 10.8. The number of nitrogens with zero attached hydrogens (tertiary/aromatic N) is 3. The van der Waals surface area contributed by atoms with Gasteiger partial charge in [0.15, 0.2) is 0 Å².